The van der Waals surface area contributed by atoms with Crippen LogP contribution in [0.3, 0.4) is 0 Å². The van der Waals surface area contributed by atoms with E-state index in [1.165, 1.54) is 0 Å². The lowest BCUT2D eigenvalue weighted by Gasteiger charge is -2.19. The van der Waals surface area contributed by atoms with Crippen LogP contribution >= 0.6 is 11.8 Å². The minimum absolute atomic E-state index is 0.191. The van der Waals surface area contributed by atoms with Crippen LogP contribution in [0.5, 0.6) is 0 Å². The van der Waals surface area contributed by atoms with Crippen LogP contribution in [-0.4, -0.2) is 47.6 Å². The van der Waals surface area contributed by atoms with Gasteiger partial charge >= 0.3 is 5.97 Å². The van der Waals surface area contributed by atoms with Gasteiger partial charge in [0.2, 0.25) is 5.91 Å². The maximum absolute atomic E-state index is 11.9. The zero-order chi connectivity index (χ0) is 12.8. The predicted molar refractivity (Wildman–Crippen MR) is 68.1 cm³/mol. The van der Waals surface area contributed by atoms with Gasteiger partial charge in [-0.1, -0.05) is 6.92 Å². The molecule has 0 radical (unpaired) electrons. The van der Waals surface area contributed by atoms with Crippen molar-refractivity contribution >= 4 is 23.6 Å². The molecule has 0 aromatic rings. The SMILES string of the molecule is CSCC[C@@H](NC(=O)C1NCCC1C)C(=O)O. The fraction of sp³-hybridized carbons (Fsp3) is 0.818. The summed E-state index contributed by atoms with van der Waals surface area (Å²) in [7, 11) is 0. The van der Waals surface area contributed by atoms with Crippen LogP contribution in [-0.2, 0) is 9.59 Å². The molecular formula is C11H20N2O3S. The number of aliphatic carboxylic acids is 1. The van der Waals surface area contributed by atoms with Crippen molar-refractivity contribution in [2.45, 2.75) is 31.8 Å². The fourth-order valence-electron chi connectivity index (χ4n) is 1.94. The van der Waals surface area contributed by atoms with E-state index in [4.69, 9.17) is 5.11 Å². The molecule has 0 aromatic heterocycles. The average molecular weight is 260 g/mol. The molecule has 0 aliphatic carbocycles. The van der Waals surface area contributed by atoms with Gasteiger partial charge < -0.3 is 15.7 Å². The quantitative estimate of drug-likeness (QED) is 0.640. The Morgan fingerprint density at radius 2 is 2.29 bits per heavy atom. The van der Waals surface area contributed by atoms with Gasteiger partial charge in [-0.3, -0.25) is 4.79 Å². The van der Waals surface area contributed by atoms with E-state index < -0.39 is 12.0 Å². The molecular weight excluding hydrogens is 240 g/mol. The summed E-state index contributed by atoms with van der Waals surface area (Å²) in [6.45, 7) is 2.82. The second kappa shape index (κ2) is 6.86. The fourth-order valence-corrected chi connectivity index (χ4v) is 2.41. The molecule has 5 nitrogen and oxygen atoms in total. The summed E-state index contributed by atoms with van der Waals surface area (Å²) in [5.41, 5.74) is 0. The highest BCUT2D eigenvalue weighted by Crippen LogP contribution is 2.14. The van der Waals surface area contributed by atoms with Crippen molar-refractivity contribution in [3.8, 4) is 0 Å². The van der Waals surface area contributed by atoms with Crippen molar-refractivity contribution < 1.29 is 14.7 Å². The summed E-state index contributed by atoms with van der Waals surface area (Å²) in [4.78, 5) is 22.9. The second-order valence-corrected chi connectivity index (χ2v) is 5.36. The highest BCUT2D eigenvalue weighted by molar-refractivity contribution is 7.98. The Kier molecular flexibility index (Phi) is 5.77. The summed E-state index contributed by atoms with van der Waals surface area (Å²) in [6, 6.07) is -1.02. The first-order valence-corrected chi connectivity index (χ1v) is 7.21. The van der Waals surface area contributed by atoms with E-state index in [1.807, 2.05) is 13.2 Å². The lowest BCUT2D eigenvalue weighted by molar-refractivity contribution is -0.142. The predicted octanol–water partition coefficient (Wildman–Crippen LogP) is 0.307. The highest BCUT2D eigenvalue weighted by atomic mass is 32.2. The van der Waals surface area contributed by atoms with E-state index in [2.05, 4.69) is 10.6 Å². The normalized spacial score (nSPS) is 25.5. The molecule has 17 heavy (non-hydrogen) atoms. The number of amides is 1. The van der Waals surface area contributed by atoms with Gasteiger partial charge in [0.05, 0.1) is 6.04 Å². The largest absolute Gasteiger partial charge is 0.480 e. The van der Waals surface area contributed by atoms with Crippen molar-refractivity contribution in [3.63, 3.8) is 0 Å². The zero-order valence-corrected chi connectivity index (χ0v) is 11.0. The van der Waals surface area contributed by atoms with Gasteiger partial charge in [-0.05, 0) is 37.3 Å². The summed E-state index contributed by atoms with van der Waals surface area (Å²) >= 11 is 1.58. The first-order valence-electron chi connectivity index (χ1n) is 5.81. The number of rotatable bonds is 6. The molecule has 6 heteroatoms. The molecule has 0 bridgehead atoms. The van der Waals surface area contributed by atoms with Crippen molar-refractivity contribution in [1.82, 2.24) is 10.6 Å². The van der Waals surface area contributed by atoms with Crippen molar-refractivity contribution in [2.75, 3.05) is 18.6 Å². The van der Waals surface area contributed by atoms with Crippen LogP contribution in [0.2, 0.25) is 0 Å². The van der Waals surface area contributed by atoms with E-state index in [1.54, 1.807) is 11.8 Å². The molecule has 3 N–H and O–H groups in total. The van der Waals surface area contributed by atoms with E-state index in [0.29, 0.717) is 6.42 Å². The molecule has 1 heterocycles. The van der Waals surface area contributed by atoms with Gasteiger partial charge in [0, 0.05) is 0 Å². The van der Waals surface area contributed by atoms with E-state index >= 15 is 0 Å². The molecule has 1 saturated heterocycles. The van der Waals surface area contributed by atoms with Gasteiger partial charge in [-0.15, -0.1) is 0 Å². The highest BCUT2D eigenvalue weighted by Gasteiger charge is 2.31. The smallest absolute Gasteiger partial charge is 0.326 e. The number of hydrogen-bond acceptors (Lipinski definition) is 4. The monoisotopic (exact) mass is 260 g/mol. The Bertz CT molecular complexity index is 286. The Balaban J connectivity index is 2.48. The summed E-state index contributed by atoms with van der Waals surface area (Å²) in [5.74, 6) is -0.156. The molecule has 0 saturated carbocycles. The number of carboxylic acid groups (broad SMARTS) is 1. The maximum atomic E-state index is 11.9. The molecule has 1 aliphatic heterocycles. The third kappa shape index (κ3) is 4.20. The lowest BCUT2D eigenvalue weighted by atomic mass is 10.0. The van der Waals surface area contributed by atoms with Crippen LogP contribution < -0.4 is 10.6 Å². The van der Waals surface area contributed by atoms with Crippen LogP contribution in [0.4, 0.5) is 0 Å². The maximum Gasteiger partial charge on any atom is 0.326 e. The number of carboxylic acids is 1. The number of carbonyl (C=O) groups is 2. The molecule has 1 rings (SSSR count). The van der Waals surface area contributed by atoms with Crippen molar-refractivity contribution in [3.05, 3.63) is 0 Å². The van der Waals surface area contributed by atoms with Crippen molar-refractivity contribution in [1.29, 1.82) is 0 Å². The summed E-state index contributed by atoms with van der Waals surface area (Å²) < 4.78 is 0. The van der Waals surface area contributed by atoms with Crippen LogP contribution in [0, 0.1) is 5.92 Å². The molecule has 1 amide bonds. The Morgan fingerprint density at radius 1 is 1.59 bits per heavy atom. The number of carbonyl (C=O) groups excluding carboxylic acids is 1. The van der Waals surface area contributed by atoms with E-state index in [-0.39, 0.29) is 17.9 Å². The molecule has 2 unspecified atom stereocenters. The van der Waals surface area contributed by atoms with Crippen LogP contribution in [0.1, 0.15) is 19.8 Å². The Labute approximate surface area is 106 Å². The second-order valence-electron chi connectivity index (χ2n) is 4.38. The minimum atomic E-state index is -0.960. The number of nitrogens with one attached hydrogen (secondary N) is 2. The zero-order valence-electron chi connectivity index (χ0n) is 10.2. The van der Waals surface area contributed by atoms with Gasteiger partial charge in [0.25, 0.3) is 0 Å². The van der Waals surface area contributed by atoms with E-state index in [0.717, 1.165) is 18.7 Å². The molecule has 1 fully saturated rings. The number of thioether (sulfide) groups is 1. The third-order valence-corrected chi connectivity index (χ3v) is 3.68. The van der Waals surface area contributed by atoms with Crippen molar-refractivity contribution in [2.24, 2.45) is 5.92 Å². The topological polar surface area (TPSA) is 78.4 Å². The molecule has 1 aliphatic rings. The molecule has 0 aromatic carbocycles. The Hall–Kier alpha value is -0.750. The standard InChI is InChI=1S/C11H20N2O3S/c1-7-3-5-12-9(7)10(14)13-8(11(15)16)4-6-17-2/h7-9,12H,3-6H2,1-2H3,(H,13,14)(H,15,16)/t7?,8-,9?/m1/s1. The first kappa shape index (κ1) is 14.3. The van der Waals surface area contributed by atoms with Crippen LogP contribution in [0.15, 0.2) is 0 Å². The van der Waals surface area contributed by atoms with Gasteiger partial charge in [0.1, 0.15) is 6.04 Å². The van der Waals surface area contributed by atoms with Gasteiger partial charge in [0.15, 0.2) is 0 Å². The lowest BCUT2D eigenvalue weighted by Crippen LogP contribution is -2.50. The van der Waals surface area contributed by atoms with Gasteiger partial charge in [-0.2, -0.15) is 11.8 Å². The number of hydrogen-bond donors (Lipinski definition) is 3. The summed E-state index contributed by atoms with van der Waals surface area (Å²) in [5, 5.41) is 14.7. The van der Waals surface area contributed by atoms with Crippen LogP contribution in [0.25, 0.3) is 0 Å². The Morgan fingerprint density at radius 3 is 2.76 bits per heavy atom. The molecule has 98 valence electrons. The third-order valence-electron chi connectivity index (χ3n) is 3.04. The van der Waals surface area contributed by atoms with Gasteiger partial charge in [-0.25, -0.2) is 4.79 Å². The average Bonchev–Trinajstić information content (AvgIpc) is 2.70. The van der Waals surface area contributed by atoms with E-state index in [9.17, 15) is 9.59 Å². The first-order chi connectivity index (χ1) is 8.06. The molecule has 0 spiro atoms. The molecule has 3 atom stereocenters. The minimum Gasteiger partial charge on any atom is -0.480 e. The summed E-state index contributed by atoms with van der Waals surface area (Å²) in [6.07, 6.45) is 3.34.